The van der Waals surface area contributed by atoms with E-state index in [1.807, 2.05) is 23.6 Å². The summed E-state index contributed by atoms with van der Waals surface area (Å²) in [4.78, 5) is 29.5. The number of anilines is 1. The lowest BCUT2D eigenvalue weighted by molar-refractivity contribution is -0.118. The Bertz CT molecular complexity index is 728. The van der Waals surface area contributed by atoms with Gasteiger partial charge in [-0.15, -0.1) is 23.1 Å². The van der Waals surface area contributed by atoms with E-state index in [4.69, 9.17) is 0 Å². The number of thiazole rings is 1. The third-order valence-electron chi connectivity index (χ3n) is 4.46. The maximum atomic E-state index is 12.5. The molecule has 0 aliphatic heterocycles. The summed E-state index contributed by atoms with van der Waals surface area (Å²) in [6.45, 7) is 0.769. The van der Waals surface area contributed by atoms with Gasteiger partial charge >= 0.3 is 0 Å². The summed E-state index contributed by atoms with van der Waals surface area (Å²) < 4.78 is 0. The average molecular weight is 390 g/mol. The molecule has 26 heavy (non-hydrogen) atoms. The number of carbonyl (C=O) groups is 2. The smallest absolute Gasteiger partial charge is 0.258 e. The van der Waals surface area contributed by atoms with E-state index in [0.717, 1.165) is 11.4 Å². The molecule has 0 atom stereocenters. The Balaban J connectivity index is 1.51. The van der Waals surface area contributed by atoms with Crippen molar-refractivity contribution >= 4 is 40.0 Å². The molecule has 1 aliphatic rings. The van der Waals surface area contributed by atoms with Gasteiger partial charge in [0.2, 0.25) is 5.91 Å². The lowest BCUT2D eigenvalue weighted by Gasteiger charge is -2.21. The van der Waals surface area contributed by atoms with Gasteiger partial charge in [0.05, 0.1) is 11.3 Å². The van der Waals surface area contributed by atoms with Gasteiger partial charge in [-0.05, 0) is 30.9 Å². The van der Waals surface area contributed by atoms with Crippen LogP contribution in [0.2, 0.25) is 0 Å². The molecule has 0 unspecified atom stereocenters. The van der Waals surface area contributed by atoms with Crippen molar-refractivity contribution in [1.29, 1.82) is 0 Å². The van der Waals surface area contributed by atoms with Crippen LogP contribution in [0.1, 0.15) is 42.5 Å². The van der Waals surface area contributed by atoms with E-state index in [-0.39, 0.29) is 11.8 Å². The van der Waals surface area contributed by atoms with Crippen molar-refractivity contribution in [3.63, 3.8) is 0 Å². The third-order valence-corrected chi connectivity index (χ3v) is 6.22. The van der Waals surface area contributed by atoms with Crippen LogP contribution in [0.15, 0.2) is 40.7 Å². The molecule has 1 aromatic heterocycles. The maximum absolute atomic E-state index is 12.5. The lowest BCUT2D eigenvalue weighted by atomic mass is 9.89. The molecule has 1 saturated carbocycles. The van der Waals surface area contributed by atoms with E-state index in [9.17, 15) is 9.59 Å². The third kappa shape index (κ3) is 5.57. The molecule has 5 nitrogen and oxygen atoms in total. The fourth-order valence-corrected chi connectivity index (χ4v) is 4.48. The van der Waals surface area contributed by atoms with Gasteiger partial charge in [-0.25, -0.2) is 4.98 Å². The molecule has 0 saturated heterocycles. The van der Waals surface area contributed by atoms with Gasteiger partial charge in [0.15, 0.2) is 5.13 Å². The molecule has 1 aromatic carbocycles. The minimum Gasteiger partial charge on any atom is -0.355 e. The lowest BCUT2D eigenvalue weighted by Crippen LogP contribution is -2.31. The van der Waals surface area contributed by atoms with Crippen LogP contribution >= 0.6 is 23.1 Å². The van der Waals surface area contributed by atoms with Crippen molar-refractivity contribution in [3.05, 3.63) is 41.4 Å². The molecular weight excluding hydrogens is 366 g/mol. The van der Waals surface area contributed by atoms with E-state index in [0.29, 0.717) is 22.4 Å². The SMILES string of the molecule is O=C(CSc1ccccc1C(=O)Nc1nccs1)NCC1CCCCC1. The number of nitrogens with zero attached hydrogens (tertiary/aromatic N) is 1. The zero-order chi connectivity index (χ0) is 18.2. The number of carbonyl (C=O) groups excluding carboxylic acids is 2. The number of hydrogen-bond acceptors (Lipinski definition) is 5. The van der Waals surface area contributed by atoms with Crippen molar-refractivity contribution < 1.29 is 9.59 Å². The Hall–Kier alpha value is -1.86. The zero-order valence-corrected chi connectivity index (χ0v) is 16.2. The molecule has 1 heterocycles. The molecule has 2 amide bonds. The monoisotopic (exact) mass is 389 g/mol. The summed E-state index contributed by atoms with van der Waals surface area (Å²) in [5, 5.41) is 8.21. The second-order valence-electron chi connectivity index (χ2n) is 6.38. The molecule has 1 aliphatic carbocycles. The van der Waals surface area contributed by atoms with Gasteiger partial charge in [0.25, 0.3) is 5.91 Å². The summed E-state index contributed by atoms with van der Waals surface area (Å²) in [6, 6.07) is 7.34. The van der Waals surface area contributed by atoms with E-state index >= 15 is 0 Å². The summed E-state index contributed by atoms with van der Waals surface area (Å²) >= 11 is 2.77. The van der Waals surface area contributed by atoms with Crippen molar-refractivity contribution in [2.45, 2.75) is 37.0 Å². The largest absolute Gasteiger partial charge is 0.355 e. The highest BCUT2D eigenvalue weighted by atomic mass is 32.2. The molecule has 1 fully saturated rings. The number of hydrogen-bond donors (Lipinski definition) is 2. The molecule has 0 spiro atoms. The highest BCUT2D eigenvalue weighted by Crippen LogP contribution is 2.25. The predicted octanol–water partition coefficient (Wildman–Crippen LogP) is 4.18. The Morgan fingerprint density at radius 1 is 1.19 bits per heavy atom. The zero-order valence-electron chi connectivity index (χ0n) is 14.6. The van der Waals surface area contributed by atoms with E-state index < -0.39 is 0 Å². The van der Waals surface area contributed by atoms with Crippen LogP contribution in [-0.4, -0.2) is 29.1 Å². The Morgan fingerprint density at radius 3 is 2.77 bits per heavy atom. The summed E-state index contributed by atoms with van der Waals surface area (Å²) in [7, 11) is 0. The summed E-state index contributed by atoms with van der Waals surface area (Å²) in [5.74, 6) is 0.754. The molecular formula is C19H23N3O2S2. The van der Waals surface area contributed by atoms with Gasteiger partial charge in [-0.1, -0.05) is 31.4 Å². The molecule has 7 heteroatoms. The number of rotatable bonds is 7. The normalized spacial score (nSPS) is 14.8. The summed E-state index contributed by atoms with van der Waals surface area (Å²) in [5.41, 5.74) is 0.563. The van der Waals surface area contributed by atoms with Crippen LogP contribution in [0.4, 0.5) is 5.13 Å². The van der Waals surface area contributed by atoms with Gasteiger partial charge in [-0.3, -0.25) is 14.9 Å². The number of aromatic nitrogens is 1. The quantitative estimate of drug-likeness (QED) is 0.697. The van der Waals surface area contributed by atoms with E-state index in [1.54, 1.807) is 12.3 Å². The van der Waals surface area contributed by atoms with Crippen molar-refractivity contribution in [1.82, 2.24) is 10.3 Å². The molecule has 2 N–H and O–H groups in total. The van der Waals surface area contributed by atoms with Crippen LogP contribution in [0.3, 0.4) is 0 Å². The Morgan fingerprint density at radius 2 is 2.00 bits per heavy atom. The highest BCUT2D eigenvalue weighted by Gasteiger charge is 2.16. The number of benzene rings is 1. The van der Waals surface area contributed by atoms with E-state index in [2.05, 4.69) is 15.6 Å². The van der Waals surface area contributed by atoms with Gasteiger partial charge in [0, 0.05) is 23.0 Å². The minimum atomic E-state index is -0.203. The van der Waals surface area contributed by atoms with E-state index in [1.165, 1.54) is 55.2 Å². The van der Waals surface area contributed by atoms with Crippen LogP contribution in [0.25, 0.3) is 0 Å². The van der Waals surface area contributed by atoms with Gasteiger partial charge in [0.1, 0.15) is 0 Å². The van der Waals surface area contributed by atoms with Crippen LogP contribution in [0.5, 0.6) is 0 Å². The van der Waals surface area contributed by atoms with Gasteiger partial charge in [-0.2, -0.15) is 0 Å². The first-order valence-corrected chi connectivity index (χ1v) is 10.8. The van der Waals surface area contributed by atoms with Crippen LogP contribution < -0.4 is 10.6 Å². The molecule has 2 aromatic rings. The first-order chi connectivity index (χ1) is 12.7. The molecule has 0 bridgehead atoms. The van der Waals surface area contributed by atoms with Crippen LogP contribution in [-0.2, 0) is 4.79 Å². The number of thioether (sulfide) groups is 1. The second kappa shape index (κ2) is 9.73. The molecule has 3 rings (SSSR count). The first kappa shape index (κ1) is 18.9. The Kier molecular flexibility index (Phi) is 7.08. The number of nitrogens with one attached hydrogen (secondary N) is 2. The van der Waals surface area contributed by atoms with Gasteiger partial charge < -0.3 is 5.32 Å². The standard InChI is InChI=1S/C19H23N3O2S2/c23-17(21-12-14-6-2-1-3-7-14)13-26-16-9-5-4-8-15(16)18(24)22-19-20-10-11-25-19/h4-5,8-11,14H,1-3,6-7,12-13H2,(H,21,23)(H,20,22,24). The average Bonchev–Trinajstić information content (AvgIpc) is 3.18. The molecule has 138 valence electrons. The topological polar surface area (TPSA) is 71.1 Å². The van der Waals surface area contributed by atoms with Crippen molar-refractivity contribution in [3.8, 4) is 0 Å². The van der Waals surface area contributed by atoms with Crippen LogP contribution in [0, 0.1) is 5.92 Å². The molecule has 0 radical (unpaired) electrons. The predicted molar refractivity (Wildman–Crippen MR) is 107 cm³/mol. The number of amides is 2. The van der Waals surface area contributed by atoms with Crippen molar-refractivity contribution in [2.75, 3.05) is 17.6 Å². The highest BCUT2D eigenvalue weighted by molar-refractivity contribution is 8.00. The maximum Gasteiger partial charge on any atom is 0.258 e. The first-order valence-electron chi connectivity index (χ1n) is 8.92. The summed E-state index contributed by atoms with van der Waals surface area (Å²) in [6.07, 6.45) is 7.95. The van der Waals surface area contributed by atoms with Crippen molar-refractivity contribution in [2.24, 2.45) is 5.92 Å². The Labute approximate surface area is 162 Å². The fraction of sp³-hybridized carbons (Fsp3) is 0.421. The second-order valence-corrected chi connectivity index (χ2v) is 8.30. The fourth-order valence-electron chi connectivity index (χ4n) is 3.07. The minimum absolute atomic E-state index is 0.0238.